The fourth-order valence-electron chi connectivity index (χ4n) is 6.26. The lowest BCUT2D eigenvalue weighted by Gasteiger charge is -2.52. The first-order valence-corrected chi connectivity index (χ1v) is 12.7. The number of ether oxygens (including phenoxy) is 4. The SMILES string of the molecule is O=C(O)OC1Oc2cc(OCc3ccccc3)ccc2C(C2CCCCC2)(C2CCCCC2)O1. The summed E-state index contributed by atoms with van der Waals surface area (Å²) in [5.41, 5.74) is 1.49. The third-order valence-electron chi connectivity index (χ3n) is 7.76. The molecule has 5 rings (SSSR count). The van der Waals surface area contributed by atoms with Crippen LogP contribution in [0, 0.1) is 11.8 Å². The number of rotatable bonds is 6. The van der Waals surface area contributed by atoms with Gasteiger partial charge in [0.25, 0.3) is 0 Å². The summed E-state index contributed by atoms with van der Waals surface area (Å²) in [5.74, 6) is 1.91. The van der Waals surface area contributed by atoms with Crippen molar-refractivity contribution in [2.24, 2.45) is 11.8 Å². The molecule has 1 unspecified atom stereocenters. The molecule has 1 atom stereocenters. The van der Waals surface area contributed by atoms with E-state index in [-0.39, 0.29) is 0 Å². The van der Waals surface area contributed by atoms with E-state index in [1.165, 1.54) is 38.5 Å². The van der Waals surface area contributed by atoms with Crippen LogP contribution < -0.4 is 9.47 Å². The zero-order valence-corrected chi connectivity index (χ0v) is 19.6. The van der Waals surface area contributed by atoms with E-state index in [1.54, 1.807) is 0 Å². The van der Waals surface area contributed by atoms with Crippen LogP contribution in [0.5, 0.6) is 11.5 Å². The second-order valence-electron chi connectivity index (χ2n) is 9.80. The van der Waals surface area contributed by atoms with Gasteiger partial charge in [-0.2, -0.15) is 0 Å². The Hall–Kier alpha value is -2.73. The Bertz CT molecular complexity index is 944. The molecule has 0 radical (unpaired) electrons. The van der Waals surface area contributed by atoms with Crippen molar-refractivity contribution in [3.8, 4) is 11.5 Å². The average Bonchev–Trinajstić information content (AvgIpc) is 2.88. The second-order valence-corrected chi connectivity index (χ2v) is 9.80. The van der Waals surface area contributed by atoms with E-state index in [9.17, 15) is 9.90 Å². The predicted molar refractivity (Wildman–Crippen MR) is 127 cm³/mol. The molecule has 1 N–H and O–H groups in total. The van der Waals surface area contributed by atoms with E-state index in [1.807, 2.05) is 42.5 Å². The summed E-state index contributed by atoms with van der Waals surface area (Å²) >= 11 is 0. The van der Waals surface area contributed by atoms with Crippen molar-refractivity contribution in [2.45, 2.75) is 82.9 Å². The monoisotopic (exact) mass is 466 g/mol. The molecule has 2 saturated carbocycles. The van der Waals surface area contributed by atoms with E-state index < -0.39 is 18.2 Å². The molecule has 2 aromatic rings. The summed E-state index contributed by atoms with van der Waals surface area (Å²) < 4.78 is 23.7. The molecule has 182 valence electrons. The zero-order chi connectivity index (χ0) is 23.4. The molecule has 1 aliphatic heterocycles. The van der Waals surface area contributed by atoms with E-state index in [0.29, 0.717) is 29.9 Å². The molecule has 0 saturated heterocycles. The summed E-state index contributed by atoms with van der Waals surface area (Å²) in [4.78, 5) is 11.5. The van der Waals surface area contributed by atoms with Crippen molar-refractivity contribution < 1.29 is 28.8 Å². The van der Waals surface area contributed by atoms with Crippen molar-refractivity contribution in [3.63, 3.8) is 0 Å². The molecule has 2 aromatic carbocycles. The van der Waals surface area contributed by atoms with E-state index in [2.05, 4.69) is 6.07 Å². The molecule has 2 aliphatic carbocycles. The smallest absolute Gasteiger partial charge is 0.489 e. The maximum Gasteiger partial charge on any atom is 0.510 e. The standard InChI is InChI=1S/C28H34O6/c29-26(30)33-27-32-25-18-23(31-19-20-10-4-1-5-11-20)16-17-24(25)28(34-27,21-12-6-2-7-13-21)22-14-8-3-9-15-22/h1,4-5,10-11,16-18,21-22,27H,2-3,6-9,12-15,19H2,(H,29,30). The quantitative estimate of drug-likeness (QED) is 0.462. The third-order valence-corrected chi connectivity index (χ3v) is 7.76. The first-order valence-electron chi connectivity index (χ1n) is 12.7. The predicted octanol–water partition coefficient (Wildman–Crippen LogP) is 7.01. The number of hydrogen-bond acceptors (Lipinski definition) is 5. The van der Waals surface area contributed by atoms with Gasteiger partial charge in [-0.05, 0) is 55.2 Å². The van der Waals surface area contributed by atoms with Crippen LogP contribution in [0.25, 0.3) is 0 Å². The summed E-state index contributed by atoms with van der Waals surface area (Å²) in [6.07, 6.45) is 10.0. The highest BCUT2D eigenvalue weighted by Gasteiger charge is 2.54. The van der Waals surface area contributed by atoms with E-state index >= 15 is 0 Å². The molecule has 0 bridgehead atoms. The number of carbonyl (C=O) groups is 1. The van der Waals surface area contributed by atoms with Crippen LogP contribution in [0.1, 0.15) is 75.3 Å². The lowest BCUT2D eigenvalue weighted by molar-refractivity contribution is -0.324. The Morgan fingerprint density at radius 1 is 0.912 bits per heavy atom. The largest absolute Gasteiger partial charge is 0.510 e. The van der Waals surface area contributed by atoms with Crippen molar-refractivity contribution in [1.82, 2.24) is 0 Å². The zero-order valence-electron chi connectivity index (χ0n) is 19.6. The first-order chi connectivity index (χ1) is 16.6. The first kappa shape index (κ1) is 23.0. The van der Waals surface area contributed by atoms with E-state index in [0.717, 1.165) is 36.8 Å². The fourth-order valence-corrected chi connectivity index (χ4v) is 6.26. The highest BCUT2D eigenvalue weighted by molar-refractivity contribution is 5.57. The minimum Gasteiger partial charge on any atom is -0.489 e. The summed E-state index contributed by atoms with van der Waals surface area (Å²) in [6.45, 7) is -0.833. The van der Waals surface area contributed by atoms with Gasteiger partial charge < -0.3 is 19.3 Å². The van der Waals surface area contributed by atoms with Crippen molar-refractivity contribution in [1.29, 1.82) is 0 Å². The number of carboxylic acid groups (broad SMARTS) is 1. The van der Waals surface area contributed by atoms with Crippen molar-refractivity contribution in [3.05, 3.63) is 59.7 Å². The van der Waals surface area contributed by atoms with Crippen LogP contribution >= 0.6 is 0 Å². The van der Waals surface area contributed by atoms with Gasteiger partial charge in [-0.25, -0.2) is 4.79 Å². The second kappa shape index (κ2) is 10.3. The molecule has 0 aromatic heterocycles. The van der Waals surface area contributed by atoms with Crippen molar-refractivity contribution in [2.75, 3.05) is 0 Å². The summed E-state index contributed by atoms with van der Waals surface area (Å²) in [6, 6.07) is 16.0. The Labute approximate surface area is 201 Å². The van der Waals surface area contributed by atoms with E-state index in [4.69, 9.17) is 18.9 Å². The average molecular weight is 467 g/mol. The van der Waals surface area contributed by atoms with Gasteiger partial charge in [0.15, 0.2) is 0 Å². The molecule has 3 aliphatic rings. The third kappa shape index (κ3) is 4.74. The Kier molecular flexibility index (Phi) is 6.95. The Morgan fingerprint density at radius 3 is 2.18 bits per heavy atom. The Balaban J connectivity index is 1.52. The van der Waals surface area contributed by atoms with Gasteiger partial charge >= 0.3 is 12.6 Å². The molecule has 6 heteroatoms. The van der Waals surface area contributed by atoms with Gasteiger partial charge in [-0.3, -0.25) is 4.74 Å². The molecular formula is C28H34O6. The Morgan fingerprint density at radius 2 is 1.56 bits per heavy atom. The number of hydrogen-bond donors (Lipinski definition) is 1. The lowest BCUT2D eigenvalue weighted by Crippen LogP contribution is -2.53. The minimum absolute atomic E-state index is 0.308. The number of fused-ring (bicyclic) bond motifs is 1. The topological polar surface area (TPSA) is 74.2 Å². The van der Waals surface area contributed by atoms with Crippen LogP contribution in [0.2, 0.25) is 0 Å². The molecular weight excluding hydrogens is 432 g/mol. The van der Waals surface area contributed by atoms with Crippen LogP contribution in [-0.2, 0) is 21.7 Å². The summed E-state index contributed by atoms with van der Waals surface area (Å²) in [5, 5.41) is 9.36. The fraction of sp³-hybridized carbons (Fsp3) is 0.536. The number of benzene rings is 2. The molecule has 34 heavy (non-hydrogen) atoms. The van der Waals surface area contributed by atoms with Gasteiger partial charge in [-0.15, -0.1) is 0 Å². The highest BCUT2D eigenvalue weighted by Crippen LogP contribution is 2.56. The van der Waals surface area contributed by atoms with Crippen LogP contribution in [-0.4, -0.2) is 17.7 Å². The summed E-state index contributed by atoms with van der Waals surface area (Å²) in [7, 11) is 0. The lowest BCUT2D eigenvalue weighted by atomic mass is 9.63. The molecule has 0 spiro atoms. The van der Waals surface area contributed by atoms with Crippen LogP contribution in [0.3, 0.4) is 0 Å². The van der Waals surface area contributed by atoms with Crippen LogP contribution in [0.4, 0.5) is 4.79 Å². The van der Waals surface area contributed by atoms with Crippen LogP contribution in [0.15, 0.2) is 48.5 Å². The van der Waals surface area contributed by atoms with Gasteiger partial charge in [-0.1, -0.05) is 68.9 Å². The minimum atomic E-state index is -1.40. The van der Waals surface area contributed by atoms with Gasteiger partial charge in [0.2, 0.25) is 0 Å². The van der Waals surface area contributed by atoms with Gasteiger partial charge in [0.1, 0.15) is 23.7 Å². The molecule has 6 nitrogen and oxygen atoms in total. The van der Waals surface area contributed by atoms with Gasteiger partial charge in [0, 0.05) is 11.6 Å². The maximum absolute atomic E-state index is 11.5. The molecule has 2 fully saturated rings. The van der Waals surface area contributed by atoms with Crippen molar-refractivity contribution >= 4 is 6.16 Å². The van der Waals surface area contributed by atoms with Gasteiger partial charge in [0.05, 0.1) is 0 Å². The maximum atomic E-state index is 11.5. The molecule has 0 amide bonds. The molecule has 1 heterocycles. The highest BCUT2D eigenvalue weighted by atomic mass is 16.9. The normalized spacial score (nSPS) is 22.9.